The molecule has 0 radical (unpaired) electrons. The summed E-state index contributed by atoms with van der Waals surface area (Å²) in [4.78, 5) is 15.7. The average molecular weight is 380 g/mol. The number of rotatable bonds is 2. The van der Waals surface area contributed by atoms with Gasteiger partial charge in [0.25, 0.3) is 5.91 Å². The molecule has 1 amide bonds. The minimum atomic E-state index is -0.474. The number of carbonyl (C=O) groups is 1. The molecule has 1 aromatic heterocycles. The van der Waals surface area contributed by atoms with Crippen molar-refractivity contribution < 1.29 is 9.18 Å². The van der Waals surface area contributed by atoms with E-state index in [9.17, 15) is 9.18 Å². The molecule has 2 aromatic rings. The van der Waals surface area contributed by atoms with Crippen LogP contribution in [-0.4, -0.2) is 10.9 Å². The average Bonchev–Trinajstić information content (AvgIpc) is 2.68. The number of nitrogens with zero attached hydrogens (tertiary/aromatic N) is 1. The predicted octanol–water partition coefficient (Wildman–Crippen LogP) is 4.06. The van der Waals surface area contributed by atoms with Gasteiger partial charge < -0.3 is 0 Å². The highest BCUT2D eigenvalue weighted by atomic mass is 79.9. The summed E-state index contributed by atoms with van der Waals surface area (Å²) in [7, 11) is 0. The minimum Gasteiger partial charge on any atom is -0.298 e. The van der Waals surface area contributed by atoms with Gasteiger partial charge in [-0.25, -0.2) is 9.37 Å². The van der Waals surface area contributed by atoms with Gasteiger partial charge >= 0.3 is 0 Å². The summed E-state index contributed by atoms with van der Waals surface area (Å²) < 4.78 is 14.4. The van der Waals surface area contributed by atoms with Crippen molar-refractivity contribution in [1.82, 2.24) is 4.98 Å². The molecule has 0 atom stereocenters. The predicted molar refractivity (Wildman–Crippen MR) is 71.9 cm³/mol. The highest BCUT2D eigenvalue weighted by molar-refractivity contribution is 9.11. The van der Waals surface area contributed by atoms with E-state index in [2.05, 4.69) is 42.2 Å². The molecule has 1 N–H and O–H groups in total. The lowest BCUT2D eigenvalue weighted by atomic mass is 10.2. The summed E-state index contributed by atoms with van der Waals surface area (Å²) in [6.45, 7) is 0. The van der Waals surface area contributed by atoms with Crippen molar-refractivity contribution in [2.45, 2.75) is 0 Å². The Kier molecular flexibility index (Phi) is 3.90. The van der Waals surface area contributed by atoms with Crippen molar-refractivity contribution in [1.29, 1.82) is 0 Å². The van der Waals surface area contributed by atoms with Crippen molar-refractivity contribution >= 4 is 54.2 Å². The zero-order valence-electron chi connectivity index (χ0n) is 8.21. The molecular weight excluding hydrogens is 375 g/mol. The standard InChI is InChI=1S/C10H5Br2FN2OS/c11-6-2-1-5(3-7(6)13)9(16)15-10-14-4-8(12)17-10/h1-4H,(H,14,15,16). The van der Waals surface area contributed by atoms with Gasteiger partial charge in [0.1, 0.15) is 5.82 Å². The molecule has 0 aliphatic carbocycles. The largest absolute Gasteiger partial charge is 0.298 e. The van der Waals surface area contributed by atoms with E-state index in [0.29, 0.717) is 9.60 Å². The summed E-state index contributed by atoms with van der Waals surface area (Å²) >= 11 is 7.55. The van der Waals surface area contributed by atoms with E-state index < -0.39 is 11.7 Å². The smallest absolute Gasteiger partial charge is 0.257 e. The molecule has 1 aromatic carbocycles. The third-order valence-electron chi connectivity index (χ3n) is 1.88. The number of aromatic nitrogens is 1. The highest BCUT2D eigenvalue weighted by Gasteiger charge is 2.10. The van der Waals surface area contributed by atoms with Crippen molar-refractivity contribution in [3.05, 3.63) is 44.0 Å². The molecule has 0 saturated heterocycles. The Balaban J connectivity index is 2.17. The summed E-state index contributed by atoms with van der Waals surface area (Å²) in [5.74, 6) is -0.865. The molecule has 2 rings (SSSR count). The summed E-state index contributed by atoms with van der Waals surface area (Å²) in [5, 5.41) is 3.05. The molecule has 7 heteroatoms. The van der Waals surface area contributed by atoms with Crippen LogP contribution in [0, 0.1) is 5.82 Å². The first kappa shape index (κ1) is 12.7. The van der Waals surface area contributed by atoms with Gasteiger partial charge in [0.15, 0.2) is 5.13 Å². The Bertz CT molecular complexity index is 573. The second-order valence-corrected chi connectivity index (χ2v) is 6.32. The van der Waals surface area contributed by atoms with Crippen LogP contribution in [0.3, 0.4) is 0 Å². The molecule has 0 saturated carbocycles. The van der Waals surface area contributed by atoms with Crippen LogP contribution in [0.4, 0.5) is 9.52 Å². The summed E-state index contributed by atoms with van der Waals surface area (Å²) in [6.07, 6.45) is 1.59. The molecule has 0 unspecified atom stereocenters. The SMILES string of the molecule is O=C(Nc1ncc(Br)s1)c1ccc(Br)c(F)c1. The van der Waals surface area contributed by atoms with E-state index in [0.717, 1.165) is 3.79 Å². The Morgan fingerprint density at radius 2 is 2.18 bits per heavy atom. The van der Waals surface area contributed by atoms with Crippen LogP contribution in [0.15, 0.2) is 32.7 Å². The van der Waals surface area contributed by atoms with Crippen LogP contribution in [0.5, 0.6) is 0 Å². The lowest BCUT2D eigenvalue weighted by Gasteiger charge is -2.02. The van der Waals surface area contributed by atoms with Gasteiger partial charge in [0, 0.05) is 5.56 Å². The third kappa shape index (κ3) is 3.11. The number of hydrogen-bond acceptors (Lipinski definition) is 3. The Morgan fingerprint density at radius 1 is 1.41 bits per heavy atom. The fraction of sp³-hybridized carbons (Fsp3) is 0. The van der Waals surface area contributed by atoms with Crippen molar-refractivity contribution in [2.24, 2.45) is 0 Å². The summed E-state index contributed by atoms with van der Waals surface area (Å²) in [5.41, 5.74) is 0.247. The maximum atomic E-state index is 13.2. The molecule has 0 aliphatic rings. The van der Waals surface area contributed by atoms with Gasteiger partial charge in [-0.15, -0.1) is 0 Å². The first-order valence-electron chi connectivity index (χ1n) is 4.44. The van der Waals surface area contributed by atoms with Crippen LogP contribution < -0.4 is 5.32 Å². The van der Waals surface area contributed by atoms with E-state index in [1.165, 1.54) is 29.5 Å². The quantitative estimate of drug-likeness (QED) is 0.854. The van der Waals surface area contributed by atoms with Gasteiger partial charge in [-0.05, 0) is 50.1 Å². The molecule has 88 valence electrons. The second-order valence-electron chi connectivity index (χ2n) is 3.05. The van der Waals surface area contributed by atoms with Crippen molar-refractivity contribution in [3.63, 3.8) is 0 Å². The number of halogens is 3. The van der Waals surface area contributed by atoms with E-state index in [1.54, 1.807) is 6.20 Å². The van der Waals surface area contributed by atoms with Crippen LogP contribution in [0.2, 0.25) is 0 Å². The first-order chi connectivity index (χ1) is 8.06. The molecule has 0 fully saturated rings. The van der Waals surface area contributed by atoms with Gasteiger partial charge in [-0.1, -0.05) is 11.3 Å². The fourth-order valence-electron chi connectivity index (χ4n) is 1.12. The van der Waals surface area contributed by atoms with E-state index in [-0.39, 0.29) is 5.56 Å². The number of anilines is 1. The first-order valence-corrected chi connectivity index (χ1v) is 6.84. The van der Waals surface area contributed by atoms with Gasteiger partial charge in [-0.3, -0.25) is 10.1 Å². The molecule has 0 spiro atoms. The number of hydrogen-bond donors (Lipinski definition) is 1. The number of amides is 1. The zero-order valence-corrected chi connectivity index (χ0v) is 12.2. The summed E-state index contributed by atoms with van der Waals surface area (Å²) in [6, 6.07) is 4.19. The maximum absolute atomic E-state index is 13.2. The number of benzene rings is 1. The monoisotopic (exact) mass is 378 g/mol. The lowest BCUT2D eigenvalue weighted by molar-refractivity contribution is 0.102. The number of thiazole rings is 1. The van der Waals surface area contributed by atoms with Crippen LogP contribution in [0.25, 0.3) is 0 Å². The van der Waals surface area contributed by atoms with Crippen LogP contribution in [-0.2, 0) is 0 Å². The Hall–Kier alpha value is -0.790. The topological polar surface area (TPSA) is 42.0 Å². The van der Waals surface area contributed by atoms with Crippen molar-refractivity contribution in [2.75, 3.05) is 5.32 Å². The van der Waals surface area contributed by atoms with Crippen molar-refractivity contribution in [3.8, 4) is 0 Å². The molecular formula is C10H5Br2FN2OS. The molecule has 0 aliphatic heterocycles. The van der Waals surface area contributed by atoms with Gasteiger partial charge in [-0.2, -0.15) is 0 Å². The fourth-order valence-corrected chi connectivity index (χ4v) is 2.47. The highest BCUT2D eigenvalue weighted by Crippen LogP contribution is 2.24. The Labute approximate surface area is 117 Å². The minimum absolute atomic E-state index is 0.247. The molecule has 3 nitrogen and oxygen atoms in total. The normalized spacial score (nSPS) is 10.3. The van der Waals surface area contributed by atoms with Crippen LogP contribution >= 0.6 is 43.2 Å². The second kappa shape index (κ2) is 5.24. The zero-order chi connectivity index (χ0) is 12.4. The van der Waals surface area contributed by atoms with E-state index >= 15 is 0 Å². The van der Waals surface area contributed by atoms with Gasteiger partial charge in [0.2, 0.25) is 0 Å². The molecule has 17 heavy (non-hydrogen) atoms. The maximum Gasteiger partial charge on any atom is 0.257 e. The van der Waals surface area contributed by atoms with E-state index in [4.69, 9.17) is 0 Å². The third-order valence-corrected chi connectivity index (χ3v) is 3.91. The lowest BCUT2D eigenvalue weighted by Crippen LogP contribution is -2.11. The Morgan fingerprint density at radius 3 is 2.76 bits per heavy atom. The van der Waals surface area contributed by atoms with Crippen LogP contribution in [0.1, 0.15) is 10.4 Å². The number of carbonyl (C=O) groups excluding carboxylic acids is 1. The number of nitrogens with one attached hydrogen (secondary N) is 1. The molecule has 0 bridgehead atoms. The van der Waals surface area contributed by atoms with E-state index in [1.807, 2.05) is 0 Å². The van der Waals surface area contributed by atoms with Gasteiger partial charge in [0.05, 0.1) is 14.5 Å². The molecule has 1 heterocycles.